The Morgan fingerprint density at radius 2 is 2.00 bits per heavy atom. The Hall–Kier alpha value is -2.84. The predicted octanol–water partition coefficient (Wildman–Crippen LogP) is -1.24. The molecule has 1 rings (SSSR count). The summed E-state index contributed by atoms with van der Waals surface area (Å²) in [6.07, 6.45) is 2.33. The molecule has 0 saturated heterocycles. The molecule has 9 heteroatoms. The number of rotatable bonds is 4. The molecular formula is C11H14N4O5. The molecule has 1 aromatic heterocycles. The van der Waals surface area contributed by atoms with Crippen molar-refractivity contribution in [1.29, 1.82) is 0 Å². The van der Waals surface area contributed by atoms with Crippen molar-refractivity contribution in [3.63, 3.8) is 0 Å². The van der Waals surface area contributed by atoms with Crippen LogP contribution in [0.4, 0.5) is 0 Å². The van der Waals surface area contributed by atoms with Crippen molar-refractivity contribution in [2.75, 3.05) is 21.2 Å². The minimum Gasteiger partial charge on any atom is -0.494 e. The fourth-order valence-corrected chi connectivity index (χ4v) is 1.23. The van der Waals surface area contributed by atoms with Gasteiger partial charge in [-0.2, -0.15) is 0 Å². The summed E-state index contributed by atoms with van der Waals surface area (Å²) in [4.78, 5) is 43.1. The smallest absolute Gasteiger partial charge is 0.358 e. The van der Waals surface area contributed by atoms with Gasteiger partial charge in [-0.1, -0.05) is 0 Å². The molecule has 0 bridgehead atoms. The second-order valence-corrected chi connectivity index (χ2v) is 3.90. The van der Waals surface area contributed by atoms with Crippen LogP contribution in [-0.4, -0.2) is 53.4 Å². The summed E-state index contributed by atoms with van der Waals surface area (Å²) in [7, 11) is 4.52. The molecule has 0 amide bonds. The summed E-state index contributed by atoms with van der Waals surface area (Å²) in [5.74, 6) is -1.35. The largest absolute Gasteiger partial charge is 0.494 e. The van der Waals surface area contributed by atoms with E-state index in [2.05, 4.69) is 9.73 Å². The number of esters is 1. The van der Waals surface area contributed by atoms with Gasteiger partial charge in [0.25, 0.3) is 5.56 Å². The number of aliphatic imine (C=N–C) groups is 1. The molecule has 0 aliphatic carbocycles. The Balaban J connectivity index is 3.22. The van der Waals surface area contributed by atoms with E-state index >= 15 is 0 Å². The Morgan fingerprint density at radius 3 is 2.50 bits per heavy atom. The zero-order chi connectivity index (χ0) is 15.3. The predicted molar refractivity (Wildman–Crippen MR) is 70.7 cm³/mol. The molecule has 0 aromatic carbocycles. The summed E-state index contributed by atoms with van der Waals surface area (Å²) in [6, 6.07) is 0. The first kappa shape index (κ1) is 15.2. The van der Waals surface area contributed by atoms with E-state index in [9.17, 15) is 19.5 Å². The van der Waals surface area contributed by atoms with E-state index in [1.165, 1.54) is 13.3 Å². The first-order valence-corrected chi connectivity index (χ1v) is 5.41. The second-order valence-electron chi connectivity index (χ2n) is 3.90. The van der Waals surface area contributed by atoms with Gasteiger partial charge in [0.15, 0.2) is 5.70 Å². The number of ether oxygens (including phenoxy) is 1. The average molecular weight is 282 g/mol. The van der Waals surface area contributed by atoms with E-state index < -0.39 is 23.1 Å². The lowest BCUT2D eigenvalue weighted by molar-refractivity contribution is -0.136. The Morgan fingerprint density at radius 1 is 1.35 bits per heavy atom. The third kappa shape index (κ3) is 3.83. The number of carbonyl (C=O) groups is 1. The zero-order valence-corrected chi connectivity index (χ0v) is 11.1. The monoisotopic (exact) mass is 282 g/mol. The van der Waals surface area contributed by atoms with Crippen LogP contribution in [0.3, 0.4) is 0 Å². The van der Waals surface area contributed by atoms with Crippen LogP contribution >= 0.6 is 0 Å². The quantitative estimate of drug-likeness (QED) is 0.360. The van der Waals surface area contributed by atoms with Gasteiger partial charge in [-0.15, -0.1) is 0 Å². The summed E-state index contributed by atoms with van der Waals surface area (Å²) in [6.45, 7) is 0. The number of hydrogen-bond acceptors (Lipinski definition) is 7. The van der Waals surface area contributed by atoms with E-state index in [1.807, 2.05) is 9.97 Å². The van der Waals surface area contributed by atoms with Crippen molar-refractivity contribution >= 4 is 12.2 Å². The van der Waals surface area contributed by atoms with Crippen LogP contribution in [0.15, 0.2) is 26.5 Å². The van der Waals surface area contributed by atoms with Gasteiger partial charge in [0.05, 0.1) is 7.11 Å². The van der Waals surface area contributed by atoms with Crippen LogP contribution in [0.1, 0.15) is 5.56 Å². The van der Waals surface area contributed by atoms with E-state index in [0.29, 0.717) is 0 Å². The van der Waals surface area contributed by atoms with Crippen LogP contribution in [0, 0.1) is 0 Å². The van der Waals surface area contributed by atoms with Gasteiger partial charge in [0.2, 0.25) is 5.88 Å². The molecular weight excluding hydrogens is 268 g/mol. The number of aromatic amines is 2. The van der Waals surface area contributed by atoms with Gasteiger partial charge in [-0.25, -0.2) is 14.6 Å². The highest BCUT2D eigenvalue weighted by atomic mass is 16.5. The third-order valence-corrected chi connectivity index (χ3v) is 2.07. The lowest BCUT2D eigenvalue weighted by Gasteiger charge is -2.06. The molecule has 108 valence electrons. The van der Waals surface area contributed by atoms with Crippen molar-refractivity contribution in [2.24, 2.45) is 4.99 Å². The molecule has 0 atom stereocenters. The number of methoxy groups -OCH3 is 1. The highest BCUT2D eigenvalue weighted by molar-refractivity contribution is 5.92. The molecule has 0 saturated carbocycles. The first-order chi connectivity index (χ1) is 9.35. The van der Waals surface area contributed by atoms with Gasteiger partial charge in [0, 0.05) is 26.5 Å². The van der Waals surface area contributed by atoms with E-state index in [4.69, 9.17) is 0 Å². The van der Waals surface area contributed by atoms with Crippen molar-refractivity contribution in [3.8, 4) is 5.88 Å². The number of nitrogens with zero attached hydrogens (tertiary/aromatic N) is 2. The summed E-state index contributed by atoms with van der Waals surface area (Å²) in [5, 5.41) is 9.45. The highest BCUT2D eigenvalue weighted by Crippen LogP contribution is 2.05. The molecule has 20 heavy (non-hydrogen) atoms. The van der Waals surface area contributed by atoms with Crippen molar-refractivity contribution in [1.82, 2.24) is 14.9 Å². The lowest BCUT2D eigenvalue weighted by atomic mass is 10.3. The minimum absolute atomic E-state index is 0.0810. The highest BCUT2D eigenvalue weighted by Gasteiger charge is 2.10. The molecule has 0 unspecified atom stereocenters. The molecule has 0 aliphatic heterocycles. The van der Waals surface area contributed by atoms with Gasteiger partial charge in [0.1, 0.15) is 5.56 Å². The molecule has 1 heterocycles. The van der Waals surface area contributed by atoms with Crippen molar-refractivity contribution in [2.45, 2.75) is 0 Å². The maximum absolute atomic E-state index is 11.5. The lowest BCUT2D eigenvalue weighted by Crippen LogP contribution is -2.25. The number of aromatic nitrogens is 2. The van der Waals surface area contributed by atoms with Crippen LogP contribution < -0.4 is 11.2 Å². The summed E-state index contributed by atoms with van der Waals surface area (Å²) in [5.41, 5.74) is -2.04. The Kier molecular flexibility index (Phi) is 4.84. The van der Waals surface area contributed by atoms with E-state index in [0.717, 1.165) is 6.21 Å². The maximum atomic E-state index is 11.5. The topological polar surface area (TPSA) is 128 Å². The molecule has 0 aliphatic rings. The zero-order valence-electron chi connectivity index (χ0n) is 11.1. The normalized spacial score (nSPS) is 11.7. The van der Waals surface area contributed by atoms with Crippen LogP contribution in [-0.2, 0) is 9.53 Å². The van der Waals surface area contributed by atoms with Gasteiger partial charge in [-0.05, 0) is 0 Å². The van der Waals surface area contributed by atoms with Crippen molar-refractivity contribution in [3.05, 3.63) is 38.3 Å². The second kappa shape index (κ2) is 6.36. The van der Waals surface area contributed by atoms with Gasteiger partial charge < -0.3 is 14.7 Å². The Bertz CT molecular complexity index is 668. The standard InChI is InChI=1S/C11H14N4O5/c1-15(2)5-7(10(18)20-3)12-4-6-8(16)13-11(19)14-9(6)17/h4-5H,1-3H3,(H3,13,14,16,17,19)/b7-5-,12-4?. The molecule has 0 spiro atoms. The average Bonchev–Trinajstić information content (AvgIpc) is 2.34. The van der Waals surface area contributed by atoms with E-state index in [-0.39, 0.29) is 11.3 Å². The third-order valence-electron chi connectivity index (χ3n) is 2.07. The fourth-order valence-electron chi connectivity index (χ4n) is 1.23. The van der Waals surface area contributed by atoms with Gasteiger partial charge in [-0.3, -0.25) is 14.8 Å². The molecule has 0 radical (unpaired) electrons. The molecule has 9 nitrogen and oxygen atoms in total. The van der Waals surface area contributed by atoms with Crippen LogP contribution in [0.5, 0.6) is 5.88 Å². The van der Waals surface area contributed by atoms with Gasteiger partial charge >= 0.3 is 11.7 Å². The fraction of sp³-hybridized carbons (Fsp3) is 0.273. The van der Waals surface area contributed by atoms with Crippen LogP contribution in [0.2, 0.25) is 0 Å². The Labute approximate surface area is 113 Å². The van der Waals surface area contributed by atoms with E-state index in [1.54, 1.807) is 19.0 Å². The molecule has 3 N–H and O–H groups in total. The SMILES string of the molecule is COC(=O)/C(=C/N(C)C)N=Cc1c(O)[nH]c(=O)[nH]c1=O. The number of H-pyrrole nitrogens is 2. The number of aromatic hydroxyl groups is 1. The van der Waals surface area contributed by atoms with Crippen molar-refractivity contribution < 1.29 is 14.6 Å². The maximum Gasteiger partial charge on any atom is 0.358 e. The minimum atomic E-state index is -0.846. The van der Waals surface area contributed by atoms with Crippen LogP contribution in [0.25, 0.3) is 0 Å². The molecule has 0 fully saturated rings. The number of carbonyl (C=O) groups excluding carboxylic acids is 1. The molecule has 1 aromatic rings. The summed E-state index contributed by atoms with van der Waals surface area (Å²) >= 11 is 0. The number of nitrogens with one attached hydrogen (secondary N) is 2. The summed E-state index contributed by atoms with van der Waals surface area (Å²) < 4.78 is 4.53. The number of hydrogen-bond donors (Lipinski definition) is 3. The first-order valence-electron chi connectivity index (χ1n) is 5.41.